The maximum absolute atomic E-state index is 5.94. The molecule has 1 aromatic heterocycles. The van der Waals surface area contributed by atoms with Crippen molar-refractivity contribution in [1.29, 1.82) is 0 Å². The quantitative estimate of drug-likeness (QED) is 0.701. The van der Waals surface area contributed by atoms with Crippen molar-refractivity contribution >= 4 is 11.6 Å². The Morgan fingerprint density at radius 3 is 2.44 bits per heavy atom. The summed E-state index contributed by atoms with van der Waals surface area (Å²) < 4.78 is 0. The Bertz CT molecular complexity index is 515. The fourth-order valence-corrected chi connectivity index (χ4v) is 1.91. The van der Waals surface area contributed by atoms with E-state index in [9.17, 15) is 0 Å². The van der Waals surface area contributed by atoms with Crippen molar-refractivity contribution in [3.8, 4) is 11.3 Å². The largest absolute Gasteiger partial charge is 0.233 e. The van der Waals surface area contributed by atoms with E-state index in [2.05, 4.69) is 42.0 Å². The van der Waals surface area contributed by atoms with E-state index in [1.807, 2.05) is 6.92 Å². The molecule has 0 unspecified atom stereocenters. The summed E-state index contributed by atoms with van der Waals surface area (Å²) in [6, 6.07) is 8.11. The van der Waals surface area contributed by atoms with Crippen molar-refractivity contribution in [2.75, 3.05) is 0 Å². The van der Waals surface area contributed by atoms with Crippen LogP contribution < -0.4 is 0 Å². The molecule has 0 atom stereocenters. The van der Waals surface area contributed by atoms with Crippen molar-refractivity contribution in [2.24, 2.45) is 0 Å². The van der Waals surface area contributed by atoms with Gasteiger partial charge in [-0.1, -0.05) is 29.3 Å². The van der Waals surface area contributed by atoms with Crippen LogP contribution in [-0.2, 0) is 0 Å². The molecule has 1 heterocycles. The number of nitrogens with zero attached hydrogens (tertiary/aromatic N) is 2. The zero-order valence-electron chi connectivity index (χ0n) is 9.58. The first-order chi connectivity index (χ1) is 7.56. The molecule has 1 aromatic carbocycles. The summed E-state index contributed by atoms with van der Waals surface area (Å²) in [4.78, 5) is 8.48. The smallest absolute Gasteiger partial charge is 0.133 e. The molecular formula is C13H13ClN2. The molecule has 0 amide bonds. The maximum atomic E-state index is 5.94. The first kappa shape index (κ1) is 11.1. The molecule has 0 N–H and O–H groups in total. The Morgan fingerprint density at radius 1 is 1.00 bits per heavy atom. The Labute approximate surface area is 100 Å². The van der Waals surface area contributed by atoms with Crippen molar-refractivity contribution in [3.05, 3.63) is 46.4 Å². The zero-order valence-corrected chi connectivity index (χ0v) is 10.3. The lowest BCUT2D eigenvalue weighted by Gasteiger charge is -2.07. The molecule has 0 spiro atoms. The van der Waals surface area contributed by atoms with Gasteiger partial charge in [-0.2, -0.15) is 0 Å². The number of hydrogen-bond acceptors (Lipinski definition) is 2. The molecule has 3 heteroatoms. The van der Waals surface area contributed by atoms with Crippen molar-refractivity contribution in [2.45, 2.75) is 20.8 Å². The average molecular weight is 233 g/mol. The van der Waals surface area contributed by atoms with Crippen LogP contribution in [0.2, 0.25) is 5.15 Å². The molecule has 16 heavy (non-hydrogen) atoms. The highest BCUT2D eigenvalue weighted by molar-refractivity contribution is 6.29. The van der Waals surface area contributed by atoms with Gasteiger partial charge in [0.15, 0.2) is 0 Å². The molecule has 0 saturated carbocycles. The zero-order chi connectivity index (χ0) is 11.7. The van der Waals surface area contributed by atoms with Gasteiger partial charge in [0, 0.05) is 11.6 Å². The highest BCUT2D eigenvalue weighted by atomic mass is 35.5. The number of benzene rings is 1. The Morgan fingerprint density at radius 2 is 1.75 bits per heavy atom. The Kier molecular flexibility index (Phi) is 2.92. The number of aryl methyl sites for hydroxylation is 3. The summed E-state index contributed by atoms with van der Waals surface area (Å²) in [5.74, 6) is 0.698. The minimum Gasteiger partial charge on any atom is -0.233 e. The predicted octanol–water partition coefficient (Wildman–Crippen LogP) is 3.72. The van der Waals surface area contributed by atoms with Gasteiger partial charge >= 0.3 is 0 Å². The second-order valence-corrected chi connectivity index (χ2v) is 4.33. The van der Waals surface area contributed by atoms with Gasteiger partial charge in [0.25, 0.3) is 0 Å². The number of aromatic nitrogens is 2. The van der Waals surface area contributed by atoms with Gasteiger partial charge in [0.1, 0.15) is 11.0 Å². The molecule has 2 rings (SSSR count). The third kappa shape index (κ3) is 2.22. The van der Waals surface area contributed by atoms with Gasteiger partial charge in [-0.3, -0.25) is 0 Å². The topological polar surface area (TPSA) is 25.8 Å². The highest BCUT2D eigenvalue weighted by Crippen LogP contribution is 2.24. The standard InChI is InChI=1S/C13H13ClN2/c1-8-4-5-9(2)11(6-8)12-7-13(14)16-10(3)15-12/h4-7H,1-3H3. The van der Waals surface area contributed by atoms with Crippen molar-refractivity contribution in [1.82, 2.24) is 9.97 Å². The van der Waals surface area contributed by atoms with E-state index in [0.717, 1.165) is 11.3 Å². The van der Waals surface area contributed by atoms with Crippen LogP contribution in [0.25, 0.3) is 11.3 Å². The summed E-state index contributed by atoms with van der Waals surface area (Å²) in [6.07, 6.45) is 0. The minimum absolute atomic E-state index is 0.489. The van der Waals surface area contributed by atoms with Crippen LogP contribution in [-0.4, -0.2) is 9.97 Å². The average Bonchev–Trinajstić information content (AvgIpc) is 2.20. The maximum Gasteiger partial charge on any atom is 0.133 e. The molecular weight excluding hydrogens is 220 g/mol. The van der Waals surface area contributed by atoms with Crippen LogP contribution in [0.1, 0.15) is 17.0 Å². The lowest BCUT2D eigenvalue weighted by atomic mass is 10.0. The van der Waals surface area contributed by atoms with E-state index in [-0.39, 0.29) is 0 Å². The predicted molar refractivity (Wildman–Crippen MR) is 66.7 cm³/mol. The monoisotopic (exact) mass is 232 g/mol. The summed E-state index contributed by atoms with van der Waals surface area (Å²) in [5.41, 5.74) is 4.42. The van der Waals surface area contributed by atoms with Gasteiger partial charge in [-0.15, -0.1) is 0 Å². The van der Waals surface area contributed by atoms with E-state index in [1.165, 1.54) is 11.1 Å². The van der Waals surface area contributed by atoms with Crippen molar-refractivity contribution < 1.29 is 0 Å². The normalized spacial score (nSPS) is 10.5. The lowest BCUT2D eigenvalue weighted by molar-refractivity contribution is 1.06. The van der Waals surface area contributed by atoms with Crippen molar-refractivity contribution in [3.63, 3.8) is 0 Å². The van der Waals surface area contributed by atoms with E-state index in [4.69, 9.17) is 11.6 Å². The molecule has 0 fully saturated rings. The molecule has 0 aliphatic heterocycles. The molecule has 0 saturated heterocycles. The molecule has 2 aromatic rings. The van der Waals surface area contributed by atoms with Crippen LogP contribution >= 0.6 is 11.6 Å². The van der Waals surface area contributed by atoms with Gasteiger partial charge < -0.3 is 0 Å². The van der Waals surface area contributed by atoms with E-state index in [0.29, 0.717) is 11.0 Å². The van der Waals surface area contributed by atoms with E-state index < -0.39 is 0 Å². The van der Waals surface area contributed by atoms with Crippen LogP contribution in [0.15, 0.2) is 24.3 Å². The first-order valence-corrected chi connectivity index (χ1v) is 5.53. The summed E-state index contributed by atoms with van der Waals surface area (Å²) >= 11 is 5.94. The summed E-state index contributed by atoms with van der Waals surface area (Å²) in [5, 5.41) is 0.489. The van der Waals surface area contributed by atoms with Gasteiger partial charge in [0.05, 0.1) is 5.69 Å². The SMILES string of the molecule is Cc1ccc(C)c(-c2cc(Cl)nc(C)n2)c1. The minimum atomic E-state index is 0.489. The van der Waals surface area contributed by atoms with E-state index >= 15 is 0 Å². The molecule has 0 radical (unpaired) electrons. The highest BCUT2D eigenvalue weighted by Gasteiger charge is 2.06. The first-order valence-electron chi connectivity index (χ1n) is 5.15. The van der Waals surface area contributed by atoms with Crippen LogP contribution in [0, 0.1) is 20.8 Å². The van der Waals surface area contributed by atoms with Gasteiger partial charge in [-0.05, 0) is 32.4 Å². The molecule has 0 aliphatic rings. The third-order valence-corrected chi connectivity index (χ3v) is 2.67. The number of halogens is 1. The lowest BCUT2D eigenvalue weighted by Crippen LogP contribution is -1.93. The van der Waals surface area contributed by atoms with Gasteiger partial charge in [0.2, 0.25) is 0 Å². The fraction of sp³-hybridized carbons (Fsp3) is 0.231. The third-order valence-electron chi connectivity index (χ3n) is 2.48. The van der Waals surface area contributed by atoms with Crippen LogP contribution in [0.5, 0.6) is 0 Å². The number of rotatable bonds is 1. The van der Waals surface area contributed by atoms with Crippen LogP contribution in [0.4, 0.5) is 0 Å². The molecule has 0 bridgehead atoms. The second kappa shape index (κ2) is 4.22. The van der Waals surface area contributed by atoms with Gasteiger partial charge in [-0.25, -0.2) is 9.97 Å². The summed E-state index contributed by atoms with van der Waals surface area (Å²) in [6.45, 7) is 5.99. The van der Waals surface area contributed by atoms with E-state index in [1.54, 1.807) is 6.07 Å². The Hall–Kier alpha value is -1.41. The fourth-order valence-electron chi connectivity index (χ4n) is 1.68. The Balaban J connectivity index is 2.62. The summed E-state index contributed by atoms with van der Waals surface area (Å²) in [7, 11) is 0. The van der Waals surface area contributed by atoms with Crippen LogP contribution in [0.3, 0.4) is 0 Å². The molecule has 2 nitrogen and oxygen atoms in total. The second-order valence-electron chi connectivity index (χ2n) is 3.94. The number of hydrogen-bond donors (Lipinski definition) is 0. The molecule has 82 valence electrons. The molecule has 0 aliphatic carbocycles.